The molecule has 0 bridgehead atoms. The van der Waals surface area contributed by atoms with E-state index in [9.17, 15) is 4.79 Å². The molecule has 1 aromatic heterocycles. The van der Waals surface area contributed by atoms with E-state index in [2.05, 4.69) is 47.9 Å². The van der Waals surface area contributed by atoms with Crippen LogP contribution in [0.5, 0.6) is 0 Å². The first kappa shape index (κ1) is 15.7. The Morgan fingerprint density at radius 2 is 1.84 bits per heavy atom. The van der Waals surface area contributed by atoms with Gasteiger partial charge in [-0.1, -0.05) is 48.0 Å². The van der Waals surface area contributed by atoms with Gasteiger partial charge in [0.2, 0.25) is 5.91 Å². The van der Waals surface area contributed by atoms with Crippen LogP contribution in [0.3, 0.4) is 0 Å². The Hall–Kier alpha value is -2.81. The van der Waals surface area contributed by atoms with E-state index in [1.165, 1.54) is 16.7 Å². The minimum atomic E-state index is 0.0233. The largest absolute Gasteiger partial charge is 0.346 e. The first-order valence-corrected chi connectivity index (χ1v) is 8.79. The van der Waals surface area contributed by atoms with E-state index in [0.29, 0.717) is 6.42 Å². The number of hydrogen-bond acceptors (Lipinski definition) is 1. The number of hydrogen-bond donors (Lipinski definition) is 0. The molecule has 1 aliphatic heterocycles. The summed E-state index contributed by atoms with van der Waals surface area (Å²) >= 11 is 0. The maximum atomic E-state index is 13.1. The van der Waals surface area contributed by atoms with Crippen LogP contribution in [0.1, 0.15) is 29.2 Å². The number of rotatable bonds is 4. The molecule has 0 fully saturated rings. The number of carbonyl (C=O) groups excluding carboxylic acids is 1. The van der Waals surface area contributed by atoms with E-state index in [1.807, 2.05) is 41.6 Å². The third-order valence-electron chi connectivity index (χ3n) is 4.97. The van der Waals surface area contributed by atoms with Crippen LogP contribution >= 0.6 is 0 Å². The van der Waals surface area contributed by atoms with Crippen molar-refractivity contribution < 1.29 is 4.79 Å². The van der Waals surface area contributed by atoms with Crippen molar-refractivity contribution in [2.75, 3.05) is 11.4 Å². The lowest BCUT2D eigenvalue weighted by Crippen LogP contribution is -2.31. The monoisotopic (exact) mass is 330 g/mol. The number of anilines is 1. The molecule has 0 radical (unpaired) electrons. The van der Waals surface area contributed by atoms with Gasteiger partial charge in [0.15, 0.2) is 0 Å². The topological polar surface area (TPSA) is 25.2 Å². The van der Waals surface area contributed by atoms with E-state index in [-0.39, 0.29) is 11.9 Å². The molecule has 1 amide bonds. The van der Waals surface area contributed by atoms with Crippen molar-refractivity contribution in [2.45, 2.75) is 25.8 Å². The molecule has 4 rings (SSSR count). The van der Waals surface area contributed by atoms with Crippen LogP contribution in [0.15, 0.2) is 73.1 Å². The zero-order valence-corrected chi connectivity index (χ0v) is 14.4. The molecule has 1 aliphatic rings. The number of carbonyl (C=O) groups is 1. The lowest BCUT2D eigenvalue weighted by atomic mass is 10.0. The molecule has 0 N–H and O–H groups in total. The number of benzene rings is 2. The lowest BCUT2D eigenvalue weighted by Gasteiger charge is -2.24. The van der Waals surface area contributed by atoms with Crippen molar-refractivity contribution in [1.29, 1.82) is 0 Å². The van der Waals surface area contributed by atoms with Crippen molar-refractivity contribution in [1.82, 2.24) is 4.57 Å². The molecular weight excluding hydrogens is 308 g/mol. The quantitative estimate of drug-likeness (QED) is 0.697. The van der Waals surface area contributed by atoms with Crippen molar-refractivity contribution in [2.24, 2.45) is 0 Å². The van der Waals surface area contributed by atoms with Gasteiger partial charge < -0.3 is 9.47 Å². The lowest BCUT2D eigenvalue weighted by molar-refractivity contribution is -0.119. The van der Waals surface area contributed by atoms with Gasteiger partial charge in [-0.2, -0.15) is 0 Å². The molecule has 0 saturated heterocycles. The Balaban J connectivity index is 1.62. The fraction of sp³-hybridized carbons (Fsp3) is 0.227. The zero-order chi connectivity index (χ0) is 17.2. The summed E-state index contributed by atoms with van der Waals surface area (Å²) in [6, 6.07) is 20.7. The number of aromatic nitrogens is 1. The van der Waals surface area contributed by atoms with Gasteiger partial charge in [0.05, 0.1) is 12.5 Å². The number of nitrogens with zero attached hydrogens (tertiary/aromatic N) is 2. The average Bonchev–Trinajstić information content (AvgIpc) is 3.29. The third-order valence-corrected chi connectivity index (χ3v) is 4.97. The highest BCUT2D eigenvalue weighted by molar-refractivity contribution is 5.95. The Labute approximate surface area is 148 Å². The molecule has 2 heterocycles. The third kappa shape index (κ3) is 3.10. The van der Waals surface area contributed by atoms with Crippen molar-refractivity contribution >= 4 is 11.6 Å². The van der Waals surface area contributed by atoms with Crippen LogP contribution in [0.2, 0.25) is 0 Å². The van der Waals surface area contributed by atoms with Crippen molar-refractivity contribution in [3.05, 3.63) is 89.7 Å². The van der Waals surface area contributed by atoms with E-state index in [0.717, 1.165) is 18.7 Å². The molecule has 0 aliphatic carbocycles. The summed E-state index contributed by atoms with van der Waals surface area (Å²) in [5.41, 5.74) is 4.73. The molecule has 126 valence electrons. The maximum Gasteiger partial charge on any atom is 0.229 e. The fourth-order valence-electron chi connectivity index (χ4n) is 3.70. The maximum absolute atomic E-state index is 13.1. The van der Waals surface area contributed by atoms with E-state index in [4.69, 9.17) is 0 Å². The van der Waals surface area contributed by atoms with Crippen molar-refractivity contribution in [3.8, 4) is 0 Å². The second-order valence-electron chi connectivity index (χ2n) is 6.69. The molecule has 3 heteroatoms. The van der Waals surface area contributed by atoms with Crippen LogP contribution in [0.4, 0.5) is 5.69 Å². The molecule has 3 aromatic rings. The number of fused-ring (bicyclic) bond motifs is 1. The second kappa shape index (κ2) is 6.60. The SMILES string of the molecule is Cc1cccc([C@H](CC(=O)N2CCc3ccccc32)n2cccc2)c1. The summed E-state index contributed by atoms with van der Waals surface area (Å²) in [7, 11) is 0. The van der Waals surface area contributed by atoms with Crippen LogP contribution in [0.25, 0.3) is 0 Å². The summed E-state index contributed by atoms with van der Waals surface area (Å²) < 4.78 is 2.13. The average molecular weight is 330 g/mol. The predicted octanol–water partition coefficient (Wildman–Crippen LogP) is 4.37. The van der Waals surface area contributed by atoms with Gasteiger partial charge in [-0.25, -0.2) is 0 Å². The highest BCUT2D eigenvalue weighted by atomic mass is 16.2. The Morgan fingerprint density at radius 1 is 1.04 bits per heavy atom. The molecular formula is C22H22N2O. The smallest absolute Gasteiger partial charge is 0.229 e. The molecule has 2 aromatic carbocycles. The minimum absolute atomic E-state index is 0.0233. The highest BCUT2D eigenvalue weighted by Crippen LogP contribution is 2.31. The van der Waals surface area contributed by atoms with Gasteiger partial charge in [0.1, 0.15) is 0 Å². The second-order valence-corrected chi connectivity index (χ2v) is 6.69. The Kier molecular flexibility index (Phi) is 4.14. The van der Waals surface area contributed by atoms with Crippen LogP contribution in [0, 0.1) is 6.92 Å². The van der Waals surface area contributed by atoms with Crippen LogP contribution < -0.4 is 4.90 Å². The standard InChI is InChI=1S/C22H22N2O/c1-17-7-6-9-19(15-17)21(23-12-4-5-13-23)16-22(25)24-14-11-18-8-2-3-10-20(18)24/h2-10,12-13,15,21H,11,14,16H2,1H3/t21-/m0/s1. The van der Waals surface area contributed by atoms with Gasteiger partial charge in [0.25, 0.3) is 0 Å². The Bertz CT molecular complexity index is 883. The molecule has 1 atom stereocenters. The molecule has 0 spiro atoms. The van der Waals surface area contributed by atoms with Crippen LogP contribution in [-0.2, 0) is 11.2 Å². The van der Waals surface area contributed by atoms with Crippen molar-refractivity contribution in [3.63, 3.8) is 0 Å². The summed E-state index contributed by atoms with van der Waals surface area (Å²) in [6.45, 7) is 2.87. The number of para-hydroxylation sites is 1. The summed E-state index contributed by atoms with van der Waals surface area (Å²) in [5, 5.41) is 0. The van der Waals surface area contributed by atoms with E-state index in [1.54, 1.807) is 0 Å². The number of amides is 1. The summed E-state index contributed by atoms with van der Waals surface area (Å²) in [6.07, 6.45) is 5.49. The van der Waals surface area contributed by atoms with Crippen LogP contribution in [-0.4, -0.2) is 17.0 Å². The molecule has 25 heavy (non-hydrogen) atoms. The Morgan fingerprint density at radius 3 is 2.64 bits per heavy atom. The van der Waals surface area contributed by atoms with E-state index >= 15 is 0 Å². The first-order valence-electron chi connectivity index (χ1n) is 8.79. The molecule has 0 saturated carbocycles. The normalized spacial score (nSPS) is 14.4. The first-order chi connectivity index (χ1) is 12.2. The van der Waals surface area contributed by atoms with Gasteiger partial charge in [-0.05, 0) is 42.7 Å². The highest BCUT2D eigenvalue weighted by Gasteiger charge is 2.27. The summed E-state index contributed by atoms with van der Waals surface area (Å²) in [5.74, 6) is 0.185. The molecule has 0 unspecified atom stereocenters. The minimum Gasteiger partial charge on any atom is -0.346 e. The van der Waals surface area contributed by atoms with Gasteiger partial charge in [0, 0.05) is 24.6 Å². The number of aryl methyl sites for hydroxylation is 1. The van der Waals surface area contributed by atoms with Gasteiger partial charge in [-0.15, -0.1) is 0 Å². The predicted molar refractivity (Wildman–Crippen MR) is 101 cm³/mol. The fourth-order valence-corrected chi connectivity index (χ4v) is 3.70. The van der Waals surface area contributed by atoms with Gasteiger partial charge in [-0.3, -0.25) is 4.79 Å². The zero-order valence-electron chi connectivity index (χ0n) is 14.4. The van der Waals surface area contributed by atoms with Gasteiger partial charge >= 0.3 is 0 Å². The van der Waals surface area contributed by atoms with E-state index < -0.39 is 0 Å². The summed E-state index contributed by atoms with van der Waals surface area (Å²) in [4.78, 5) is 15.0. The molecule has 3 nitrogen and oxygen atoms in total.